The largest absolute Gasteiger partial charge is 0.506 e. The summed E-state index contributed by atoms with van der Waals surface area (Å²) in [5, 5.41) is 11.2. The molecule has 0 saturated heterocycles. The summed E-state index contributed by atoms with van der Waals surface area (Å²) in [5.41, 5.74) is 5.16. The molecular weight excluding hydrogens is 372 g/mol. The fourth-order valence-electron chi connectivity index (χ4n) is 2.90. The molecular formula is C22H24N2O3S. The molecule has 5 nitrogen and oxygen atoms in total. The van der Waals surface area contributed by atoms with E-state index in [4.69, 9.17) is 4.74 Å². The number of ether oxygens (including phenoxy) is 1. The Balaban J connectivity index is 2.06. The third-order valence-electron chi connectivity index (χ3n) is 4.74. The Hall–Kier alpha value is -2.73. The van der Waals surface area contributed by atoms with Gasteiger partial charge in [0.1, 0.15) is 16.4 Å². The van der Waals surface area contributed by atoms with Gasteiger partial charge in [-0.2, -0.15) is 0 Å². The Morgan fingerprint density at radius 2 is 1.93 bits per heavy atom. The first-order valence-corrected chi connectivity index (χ1v) is 9.92. The van der Waals surface area contributed by atoms with Crippen LogP contribution in [0, 0.1) is 20.8 Å². The van der Waals surface area contributed by atoms with Crippen molar-refractivity contribution in [3.05, 3.63) is 69.1 Å². The normalized spacial score (nSPS) is 17.0. The quantitative estimate of drug-likeness (QED) is 0.727. The maximum atomic E-state index is 12.5. The van der Waals surface area contributed by atoms with Crippen LogP contribution in [0.2, 0.25) is 0 Å². The molecule has 2 heterocycles. The standard InChI is InChI=1S/C22H24N2O3S/c1-6-27-22(26)19-20(25)18(12-16-11-14(3)24(5)15(16)4)28-21(19)23-17-9-7-13(2)8-10-17/h7-12,25H,6H2,1-5H3/b18-12-,23-21?. The number of hydrogen-bond acceptors (Lipinski definition) is 5. The van der Waals surface area contributed by atoms with E-state index < -0.39 is 5.97 Å². The van der Waals surface area contributed by atoms with Crippen LogP contribution in [0.25, 0.3) is 6.08 Å². The van der Waals surface area contributed by atoms with E-state index in [1.54, 1.807) is 6.92 Å². The lowest BCUT2D eigenvalue weighted by molar-refractivity contribution is -0.138. The van der Waals surface area contributed by atoms with Gasteiger partial charge in [0.25, 0.3) is 0 Å². The summed E-state index contributed by atoms with van der Waals surface area (Å²) in [4.78, 5) is 17.6. The lowest BCUT2D eigenvalue weighted by Crippen LogP contribution is -2.12. The van der Waals surface area contributed by atoms with E-state index in [2.05, 4.69) is 15.6 Å². The van der Waals surface area contributed by atoms with Gasteiger partial charge in [0, 0.05) is 18.4 Å². The highest BCUT2D eigenvalue weighted by molar-refractivity contribution is 8.18. The van der Waals surface area contributed by atoms with Crippen LogP contribution in [0.3, 0.4) is 0 Å². The molecule has 1 aromatic heterocycles. The first kappa shape index (κ1) is 20.0. The maximum Gasteiger partial charge on any atom is 0.344 e. The summed E-state index contributed by atoms with van der Waals surface area (Å²) in [5.74, 6) is -0.655. The summed E-state index contributed by atoms with van der Waals surface area (Å²) in [7, 11) is 2.00. The number of benzene rings is 1. The number of carbonyl (C=O) groups is 1. The van der Waals surface area contributed by atoms with Gasteiger partial charge >= 0.3 is 5.97 Å². The van der Waals surface area contributed by atoms with Gasteiger partial charge in [0.2, 0.25) is 0 Å². The summed E-state index contributed by atoms with van der Waals surface area (Å²) in [6, 6.07) is 9.73. The number of hydrogen-bond donors (Lipinski definition) is 1. The fourth-order valence-corrected chi connectivity index (χ4v) is 3.93. The second kappa shape index (κ2) is 8.10. The molecule has 0 spiro atoms. The Labute approximate surface area is 169 Å². The Bertz CT molecular complexity index is 1010. The van der Waals surface area contributed by atoms with E-state index in [9.17, 15) is 9.90 Å². The molecule has 0 aliphatic carbocycles. The maximum absolute atomic E-state index is 12.5. The smallest absolute Gasteiger partial charge is 0.344 e. The van der Waals surface area contributed by atoms with Crippen molar-refractivity contribution in [3.8, 4) is 0 Å². The Morgan fingerprint density at radius 1 is 1.25 bits per heavy atom. The second-order valence-electron chi connectivity index (χ2n) is 6.69. The number of aromatic nitrogens is 1. The third-order valence-corrected chi connectivity index (χ3v) is 5.76. The molecule has 146 valence electrons. The van der Waals surface area contributed by atoms with E-state index in [1.807, 2.05) is 58.2 Å². The molecule has 3 rings (SSSR count). The molecule has 0 unspecified atom stereocenters. The summed E-state index contributed by atoms with van der Waals surface area (Å²) >= 11 is 1.28. The molecule has 0 fully saturated rings. The minimum absolute atomic E-state index is 0.0878. The van der Waals surface area contributed by atoms with Crippen molar-refractivity contribution >= 4 is 34.5 Å². The predicted molar refractivity (Wildman–Crippen MR) is 115 cm³/mol. The zero-order chi connectivity index (χ0) is 20.4. The molecule has 0 amide bonds. The monoisotopic (exact) mass is 396 g/mol. The van der Waals surface area contributed by atoms with E-state index in [0.29, 0.717) is 9.95 Å². The van der Waals surface area contributed by atoms with Crippen LogP contribution in [0.4, 0.5) is 5.69 Å². The molecule has 28 heavy (non-hydrogen) atoms. The SMILES string of the molecule is CCOC(=O)C1=C(O)/C(=C/c2cc(C)n(C)c2C)SC1=Nc1ccc(C)cc1. The second-order valence-corrected chi connectivity index (χ2v) is 7.72. The molecule has 0 bridgehead atoms. The van der Waals surface area contributed by atoms with E-state index in [0.717, 1.165) is 28.2 Å². The van der Waals surface area contributed by atoms with Crippen LogP contribution >= 0.6 is 11.8 Å². The van der Waals surface area contributed by atoms with Gasteiger partial charge in [0.15, 0.2) is 0 Å². The molecule has 0 radical (unpaired) electrons. The minimum atomic E-state index is -0.567. The van der Waals surface area contributed by atoms with Gasteiger partial charge in [-0.05, 0) is 57.5 Å². The van der Waals surface area contributed by atoms with Crippen molar-refractivity contribution in [2.45, 2.75) is 27.7 Å². The van der Waals surface area contributed by atoms with Crippen molar-refractivity contribution in [2.24, 2.45) is 12.0 Å². The van der Waals surface area contributed by atoms with Gasteiger partial charge in [-0.25, -0.2) is 9.79 Å². The van der Waals surface area contributed by atoms with Gasteiger partial charge in [-0.1, -0.05) is 29.5 Å². The first-order chi connectivity index (χ1) is 13.3. The van der Waals surface area contributed by atoms with Crippen LogP contribution in [-0.4, -0.2) is 27.3 Å². The number of aryl methyl sites for hydroxylation is 2. The van der Waals surface area contributed by atoms with Crippen molar-refractivity contribution in [2.75, 3.05) is 6.61 Å². The van der Waals surface area contributed by atoms with Crippen LogP contribution in [0.1, 0.15) is 29.4 Å². The number of nitrogens with zero attached hydrogens (tertiary/aromatic N) is 2. The van der Waals surface area contributed by atoms with Crippen LogP contribution in [0.15, 0.2) is 51.6 Å². The van der Waals surface area contributed by atoms with Gasteiger partial charge in [-0.3, -0.25) is 0 Å². The number of thioether (sulfide) groups is 1. The molecule has 0 atom stereocenters. The van der Waals surface area contributed by atoms with Crippen LogP contribution in [-0.2, 0) is 16.6 Å². The Morgan fingerprint density at radius 3 is 2.50 bits per heavy atom. The minimum Gasteiger partial charge on any atom is -0.506 e. The number of aliphatic imine (C=N–C) groups is 1. The Kier molecular flexibility index (Phi) is 5.79. The third kappa shape index (κ3) is 3.92. The molecule has 0 saturated carbocycles. The zero-order valence-corrected chi connectivity index (χ0v) is 17.6. The summed E-state index contributed by atoms with van der Waals surface area (Å²) in [6.07, 6.45) is 1.89. The highest BCUT2D eigenvalue weighted by Crippen LogP contribution is 2.40. The fraction of sp³-hybridized carbons (Fsp3) is 0.273. The number of carbonyl (C=O) groups excluding carboxylic acids is 1. The number of rotatable bonds is 4. The predicted octanol–water partition coefficient (Wildman–Crippen LogP) is 5.14. The number of aliphatic hydroxyl groups is 1. The van der Waals surface area contributed by atoms with Gasteiger partial charge in [-0.15, -0.1) is 0 Å². The van der Waals surface area contributed by atoms with E-state index in [-0.39, 0.29) is 17.9 Å². The molecule has 1 N–H and O–H groups in total. The lowest BCUT2D eigenvalue weighted by Gasteiger charge is -2.04. The molecule has 1 aliphatic heterocycles. The average molecular weight is 397 g/mol. The first-order valence-electron chi connectivity index (χ1n) is 9.10. The van der Waals surface area contributed by atoms with Crippen molar-refractivity contribution in [1.29, 1.82) is 0 Å². The van der Waals surface area contributed by atoms with Crippen molar-refractivity contribution < 1.29 is 14.6 Å². The highest BCUT2D eigenvalue weighted by Gasteiger charge is 2.33. The van der Waals surface area contributed by atoms with Crippen molar-refractivity contribution in [3.63, 3.8) is 0 Å². The lowest BCUT2D eigenvalue weighted by atomic mass is 10.2. The summed E-state index contributed by atoms with van der Waals surface area (Å²) in [6.45, 7) is 8.02. The molecule has 2 aromatic rings. The number of aliphatic hydroxyl groups excluding tert-OH is 1. The van der Waals surface area contributed by atoms with Gasteiger partial charge < -0.3 is 14.4 Å². The highest BCUT2D eigenvalue weighted by atomic mass is 32.2. The van der Waals surface area contributed by atoms with Crippen LogP contribution in [0.5, 0.6) is 0 Å². The average Bonchev–Trinajstić information content (AvgIpc) is 3.08. The zero-order valence-electron chi connectivity index (χ0n) is 16.7. The molecule has 1 aromatic carbocycles. The molecule has 6 heteroatoms. The van der Waals surface area contributed by atoms with Gasteiger partial charge in [0.05, 0.1) is 17.2 Å². The van der Waals surface area contributed by atoms with Crippen molar-refractivity contribution in [1.82, 2.24) is 4.57 Å². The molecule has 1 aliphatic rings. The van der Waals surface area contributed by atoms with Crippen LogP contribution < -0.4 is 0 Å². The van der Waals surface area contributed by atoms with E-state index >= 15 is 0 Å². The van der Waals surface area contributed by atoms with E-state index in [1.165, 1.54) is 11.8 Å². The topological polar surface area (TPSA) is 63.8 Å². The summed E-state index contributed by atoms with van der Waals surface area (Å²) < 4.78 is 7.23. The number of esters is 1.